The van der Waals surface area contributed by atoms with Gasteiger partial charge in [0.05, 0.1) is 12.7 Å². The highest BCUT2D eigenvalue weighted by Gasteiger charge is 2.34. The first kappa shape index (κ1) is 13.4. The second kappa shape index (κ2) is 5.73. The van der Waals surface area contributed by atoms with Crippen LogP contribution < -0.4 is 5.32 Å². The average molecular weight is 267 g/mol. The van der Waals surface area contributed by atoms with Crippen molar-refractivity contribution >= 4 is 12.0 Å². The van der Waals surface area contributed by atoms with Gasteiger partial charge in [0.2, 0.25) is 0 Å². The SMILES string of the molecule is CC1CCN(C(=O)NCc2ccno2)C(C(=O)O)C1. The van der Waals surface area contributed by atoms with E-state index in [2.05, 4.69) is 10.5 Å². The molecule has 1 fully saturated rings. The van der Waals surface area contributed by atoms with Crippen molar-refractivity contribution in [2.75, 3.05) is 6.54 Å². The molecule has 104 valence electrons. The number of piperidine rings is 1. The molecule has 2 atom stereocenters. The molecule has 1 aromatic rings. The summed E-state index contributed by atoms with van der Waals surface area (Å²) in [5, 5.41) is 15.4. The summed E-state index contributed by atoms with van der Waals surface area (Å²) < 4.78 is 4.86. The van der Waals surface area contributed by atoms with Crippen LogP contribution in [0.5, 0.6) is 0 Å². The number of hydrogen-bond donors (Lipinski definition) is 2. The van der Waals surface area contributed by atoms with Gasteiger partial charge in [-0.05, 0) is 18.8 Å². The van der Waals surface area contributed by atoms with Gasteiger partial charge in [0.15, 0.2) is 5.76 Å². The molecule has 2 N–H and O–H groups in total. The third-order valence-electron chi connectivity index (χ3n) is 3.32. The highest BCUT2D eigenvalue weighted by Crippen LogP contribution is 2.22. The molecular formula is C12H17N3O4. The predicted molar refractivity (Wildman–Crippen MR) is 65.3 cm³/mol. The lowest BCUT2D eigenvalue weighted by Crippen LogP contribution is -2.53. The van der Waals surface area contributed by atoms with E-state index in [0.29, 0.717) is 24.6 Å². The number of likely N-dealkylation sites (tertiary alicyclic amines) is 1. The smallest absolute Gasteiger partial charge is 0.326 e. The maximum absolute atomic E-state index is 12.0. The fourth-order valence-electron chi connectivity index (χ4n) is 2.22. The second-order valence-electron chi connectivity index (χ2n) is 4.81. The van der Waals surface area contributed by atoms with Crippen molar-refractivity contribution in [3.63, 3.8) is 0 Å². The molecule has 0 radical (unpaired) electrons. The van der Waals surface area contributed by atoms with E-state index in [4.69, 9.17) is 4.52 Å². The van der Waals surface area contributed by atoms with Crippen molar-refractivity contribution in [1.82, 2.24) is 15.4 Å². The summed E-state index contributed by atoms with van der Waals surface area (Å²) in [7, 11) is 0. The Balaban J connectivity index is 1.94. The van der Waals surface area contributed by atoms with E-state index < -0.39 is 12.0 Å². The number of carbonyl (C=O) groups excluding carboxylic acids is 1. The molecule has 7 nitrogen and oxygen atoms in total. The van der Waals surface area contributed by atoms with Gasteiger partial charge < -0.3 is 19.8 Å². The molecule has 2 rings (SSSR count). The Labute approximate surface area is 110 Å². The number of aromatic nitrogens is 1. The number of nitrogens with one attached hydrogen (secondary N) is 1. The first-order valence-electron chi connectivity index (χ1n) is 6.24. The molecule has 1 aliphatic heterocycles. The molecule has 2 unspecified atom stereocenters. The zero-order valence-corrected chi connectivity index (χ0v) is 10.7. The molecule has 19 heavy (non-hydrogen) atoms. The van der Waals surface area contributed by atoms with Crippen LogP contribution in [-0.2, 0) is 11.3 Å². The van der Waals surface area contributed by atoms with Crippen LogP contribution in [-0.4, -0.2) is 39.8 Å². The standard InChI is InChI=1S/C12H17N3O4/c1-8-3-5-15(10(6-8)11(16)17)12(18)13-7-9-2-4-14-19-9/h2,4,8,10H,3,5-7H2,1H3,(H,13,18)(H,16,17). The largest absolute Gasteiger partial charge is 0.480 e. The molecule has 1 aromatic heterocycles. The van der Waals surface area contributed by atoms with E-state index in [1.54, 1.807) is 6.07 Å². The summed E-state index contributed by atoms with van der Waals surface area (Å²) in [6.45, 7) is 2.66. The van der Waals surface area contributed by atoms with Gasteiger partial charge >= 0.3 is 12.0 Å². The van der Waals surface area contributed by atoms with Crippen molar-refractivity contribution in [2.24, 2.45) is 5.92 Å². The fourth-order valence-corrected chi connectivity index (χ4v) is 2.22. The van der Waals surface area contributed by atoms with E-state index >= 15 is 0 Å². The number of carboxylic acids is 1. The Bertz CT molecular complexity index is 446. The van der Waals surface area contributed by atoms with Crippen molar-refractivity contribution in [2.45, 2.75) is 32.4 Å². The van der Waals surface area contributed by atoms with Gasteiger partial charge in [-0.1, -0.05) is 12.1 Å². The average Bonchev–Trinajstić information content (AvgIpc) is 2.88. The number of carboxylic acid groups (broad SMARTS) is 1. The molecule has 2 amide bonds. The number of amides is 2. The van der Waals surface area contributed by atoms with Crippen molar-refractivity contribution < 1.29 is 19.2 Å². The molecule has 1 aliphatic rings. The van der Waals surface area contributed by atoms with Gasteiger partial charge in [-0.3, -0.25) is 0 Å². The highest BCUT2D eigenvalue weighted by molar-refractivity contribution is 5.82. The maximum Gasteiger partial charge on any atom is 0.326 e. The minimum Gasteiger partial charge on any atom is -0.480 e. The topological polar surface area (TPSA) is 95.7 Å². The van der Waals surface area contributed by atoms with Gasteiger partial charge in [-0.15, -0.1) is 0 Å². The Morgan fingerprint density at radius 2 is 2.42 bits per heavy atom. The Morgan fingerprint density at radius 1 is 1.63 bits per heavy atom. The van der Waals surface area contributed by atoms with Gasteiger partial charge in [0.1, 0.15) is 6.04 Å². The summed E-state index contributed by atoms with van der Waals surface area (Å²) in [4.78, 5) is 24.6. The van der Waals surface area contributed by atoms with Crippen LogP contribution in [0.4, 0.5) is 4.79 Å². The first-order chi connectivity index (χ1) is 9.08. The summed E-state index contributed by atoms with van der Waals surface area (Å²) in [5.41, 5.74) is 0. The molecule has 0 saturated carbocycles. The summed E-state index contributed by atoms with van der Waals surface area (Å²) in [5.74, 6) is -0.105. The van der Waals surface area contributed by atoms with E-state index in [0.717, 1.165) is 6.42 Å². The molecular weight excluding hydrogens is 250 g/mol. The van der Waals surface area contributed by atoms with Crippen LogP contribution in [0.2, 0.25) is 0 Å². The molecule has 0 aromatic carbocycles. The van der Waals surface area contributed by atoms with E-state index in [1.807, 2.05) is 6.92 Å². The fraction of sp³-hybridized carbons (Fsp3) is 0.583. The highest BCUT2D eigenvalue weighted by atomic mass is 16.5. The summed E-state index contributed by atoms with van der Waals surface area (Å²) in [6, 6.07) is 0.516. The van der Waals surface area contributed by atoms with E-state index in [1.165, 1.54) is 11.1 Å². The van der Waals surface area contributed by atoms with E-state index in [9.17, 15) is 14.7 Å². The van der Waals surface area contributed by atoms with E-state index in [-0.39, 0.29) is 12.6 Å². The number of nitrogens with zero attached hydrogens (tertiary/aromatic N) is 2. The predicted octanol–water partition coefficient (Wildman–Crippen LogP) is 1.07. The Kier molecular flexibility index (Phi) is 4.03. The number of rotatable bonds is 3. The normalized spacial score (nSPS) is 23.1. The van der Waals surface area contributed by atoms with Crippen LogP contribution >= 0.6 is 0 Å². The van der Waals surface area contributed by atoms with Crippen LogP contribution in [0.3, 0.4) is 0 Å². The third-order valence-corrected chi connectivity index (χ3v) is 3.32. The van der Waals surface area contributed by atoms with Crippen LogP contribution in [0.1, 0.15) is 25.5 Å². The van der Waals surface area contributed by atoms with Gasteiger partial charge in [-0.25, -0.2) is 9.59 Å². The Hall–Kier alpha value is -2.05. The zero-order valence-electron chi connectivity index (χ0n) is 10.7. The minimum atomic E-state index is -0.957. The van der Waals surface area contributed by atoms with Crippen molar-refractivity contribution in [3.8, 4) is 0 Å². The lowest BCUT2D eigenvalue weighted by molar-refractivity contribution is -0.143. The number of carbonyl (C=O) groups is 2. The Morgan fingerprint density at radius 3 is 3.05 bits per heavy atom. The lowest BCUT2D eigenvalue weighted by atomic mass is 9.93. The van der Waals surface area contributed by atoms with Crippen LogP contribution in [0, 0.1) is 5.92 Å². The number of hydrogen-bond acceptors (Lipinski definition) is 4. The molecule has 0 bridgehead atoms. The molecule has 1 saturated heterocycles. The van der Waals surface area contributed by atoms with Crippen LogP contribution in [0.15, 0.2) is 16.8 Å². The second-order valence-corrected chi connectivity index (χ2v) is 4.81. The monoisotopic (exact) mass is 267 g/mol. The molecule has 0 spiro atoms. The molecule has 2 heterocycles. The number of aliphatic carboxylic acids is 1. The zero-order chi connectivity index (χ0) is 13.8. The van der Waals surface area contributed by atoms with Gasteiger partial charge in [-0.2, -0.15) is 0 Å². The first-order valence-corrected chi connectivity index (χ1v) is 6.24. The van der Waals surface area contributed by atoms with Crippen LogP contribution in [0.25, 0.3) is 0 Å². The lowest BCUT2D eigenvalue weighted by Gasteiger charge is -2.35. The van der Waals surface area contributed by atoms with Crippen molar-refractivity contribution in [3.05, 3.63) is 18.0 Å². The van der Waals surface area contributed by atoms with Crippen molar-refractivity contribution in [1.29, 1.82) is 0 Å². The number of urea groups is 1. The summed E-state index contributed by atoms with van der Waals surface area (Å²) in [6.07, 6.45) is 2.80. The quantitative estimate of drug-likeness (QED) is 0.854. The van der Waals surface area contributed by atoms with Gasteiger partial charge in [0.25, 0.3) is 0 Å². The van der Waals surface area contributed by atoms with Gasteiger partial charge in [0, 0.05) is 12.6 Å². The third kappa shape index (κ3) is 3.24. The molecule has 7 heteroatoms. The molecule has 0 aliphatic carbocycles. The maximum atomic E-state index is 12.0. The minimum absolute atomic E-state index is 0.206. The summed E-state index contributed by atoms with van der Waals surface area (Å²) >= 11 is 0.